The smallest absolute Gasteiger partial charge is 0.137 e. The Balaban J connectivity index is 2.05. The zero-order chi connectivity index (χ0) is 10.8. The molecule has 0 aromatic carbocycles. The summed E-state index contributed by atoms with van der Waals surface area (Å²) in [7, 11) is 0. The van der Waals surface area contributed by atoms with E-state index in [0.717, 1.165) is 24.7 Å². The minimum Gasteiger partial charge on any atom is -0.299 e. The van der Waals surface area contributed by atoms with Crippen LogP contribution in [0.5, 0.6) is 0 Å². The first-order valence-electron chi connectivity index (χ1n) is 6.54. The van der Waals surface area contributed by atoms with Gasteiger partial charge in [0.1, 0.15) is 5.78 Å². The molecule has 15 heavy (non-hydrogen) atoms. The number of ketones is 1. The van der Waals surface area contributed by atoms with Crippen LogP contribution in [0.25, 0.3) is 0 Å². The van der Waals surface area contributed by atoms with Crippen molar-refractivity contribution in [3.63, 3.8) is 0 Å². The van der Waals surface area contributed by atoms with Gasteiger partial charge in [-0.3, -0.25) is 4.79 Å². The van der Waals surface area contributed by atoms with Gasteiger partial charge in [0, 0.05) is 12.3 Å². The molecule has 3 rings (SSSR count). The van der Waals surface area contributed by atoms with E-state index >= 15 is 0 Å². The van der Waals surface area contributed by atoms with Crippen LogP contribution in [-0.2, 0) is 4.79 Å². The molecule has 0 bridgehead atoms. The van der Waals surface area contributed by atoms with Crippen molar-refractivity contribution >= 4 is 5.78 Å². The van der Waals surface area contributed by atoms with Crippen LogP contribution in [0.1, 0.15) is 52.9 Å². The summed E-state index contributed by atoms with van der Waals surface area (Å²) in [5.74, 6) is 2.62. The van der Waals surface area contributed by atoms with E-state index < -0.39 is 0 Å². The Morgan fingerprint density at radius 1 is 1.27 bits per heavy atom. The molecule has 1 spiro atoms. The van der Waals surface area contributed by atoms with Crippen LogP contribution in [0, 0.1) is 28.6 Å². The maximum absolute atomic E-state index is 12.2. The molecular formula is C14H22O. The first-order valence-corrected chi connectivity index (χ1v) is 6.54. The largest absolute Gasteiger partial charge is 0.299 e. The molecule has 0 N–H and O–H groups in total. The van der Waals surface area contributed by atoms with Gasteiger partial charge < -0.3 is 0 Å². The van der Waals surface area contributed by atoms with Crippen LogP contribution in [0.15, 0.2) is 0 Å². The highest BCUT2D eigenvalue weighted by atomic mass is 16.1. The molecule has 3 saturated carbocycles. The van der Waals surface area contributed by atoms with Crippen molar-refractivity contribution in [1.29, 1.82) is 0 Å². The van der Waals surface area contributed by atoms with Gasteiger partial charge in [-0.2, -0.15) is 0 Å². The summed E-state index contributed by atoms with van der Waals surface area (Å²) in [6.45, 7) is 7.06. The van der Waals surface area contributed by atoms with Crippen molar-refractivity contribution in [3.05, 3.63) is 0 Å². The number of carbonyl (C=O) groups is 1. The summed E-state index contributed by atoms with van der Waals surface area (Å²) in [4.78, 5) is 12.2. The first kappa shape index (κ1) is 9.86. The first-order chi connectivity index (χ1) is 7.01. The molecule has 3 fully saturated rings. The zero-order valence-electron chi connectivity index (χ0n) is 10.2. The molecular weight excluding hydrogens is 184 g/mol. The highest BCUT2D eigenvalue weighted by molar-refractivity contribution is 5.85. The molecule has 1 nitrogen and oxygen atoms in total. The zero-order valence-corrected chi connectivity index (χ0v) is 10.2. The molecule has 1 heteroatoms. The molecule has 4 atom stereocenters. The molecule has 0 aromatic heterocycles. The van der Waals surface area contributed by atoms with Gasteiger partial charge >= 0.3 is 0 Å². The van der Waals surface area contributed by atoms with Gasteiger partial charge in [0.2, 0.25) is 0 Å². The average molecular weight is 206 g/mol. The highest BCUT2D eigenvalue weighted by Gasteiger charge is 2.72. The standard InChI is InChI=1S/C14H22O/c1-9-6-7-11-13(2,3)12-10(15)5-4-8-14(9,11)12/h9,11-12H,4-8H2,1-3H3/t9-,11-,12-,14-/m1/s1. The topological polar surface area (TPSA) is 17.1 Å². The Morgan fingerprint density at radius 2 is 2.00 bits per heavy atom. The molecule has 0 aromatic rings. The molecule has 3 aliphatic carbocycles. The SMILES string of the molecule is C[C@@H]1CC[C@@H]2C(C)(C)[C@H]3C(=O)CCC[C@@]123. The average Bonchev–Trinajstić information content (AvgIpc) is 2.41. The second-order valence-corrected chi connectivity index (χ2v) is 6.72. The Bertz CT molecular complexity index is 317. The quantitative estimate of drug-likeness (QED) is 0.593. The van der Waals surface area contributed by atoms with Crippen LogP contribution < -0.4 is 0 Å². The molecule has 0 aliphatic heterocycles. The predicted octanol–water partition coefficient (Wildman–Crippen LogP) is 3.43. The van der Waals surface area contributed by atoms with Gasteiger partial charge in [0.15, 0.2) is 0 Å². The Morgan fingerprint density at radius 3 is 2.73 bits per heavy atom. The van der Waals surface area contributed by atoms with Gasteiger partial charge in [-0.25, -0.2) is 0 Å². The second-order valence-electron chi connectivity index (χ2n) is 6.72. The van der Waals surface area contributed by atoms with E-state index in [0.29, 0.717) is 22.5 Å². The Kier molecular flexibility index (Phi) is 1.76. The van der Waals surface area contributed by atoms with Crippen LogP contribution in [0.2, 0.25) is 0 Å². The van der Waals surface area contributed by atoms with Crippen molar-refractivity contribution in [3.8, 4) is 0 Å². The second kappa shape index (κ2) is 2.67. The Labute approximate surface area is 92.6 Å². The summed E-state index contributed by atoms with van der Waals surface area (Å²) >= 11 is 0. The number of rotatable bonds is 0. The van der Waals surface area contributed by atoms with E-state index in [-0.39, 0.29) is 0 Å². The molecule has 84 valence electrons. The summed E-state index contributed by atoms with van der Waals surface area (Å²) in [6, 6.07) is 0. The fourth-order valence-corrected chi connectivity index (χ4v) is 5.64. The summed E-state index contributed by atoms with van der Waals surface area (Å²) < 4.78 is 0. The summed E-state index contributed by atoms with van der Waals surface area (Å²) in [6.07, 6.45) is 6.08. The lowest BCUT2D eigenvalue weighted by Crippen LogP contribution is -2.65. The summed E-state index contributed by atoms with van der Waals surface area (Å²) in [5, 5.41) is 0. The van der Waals surface area contributed by atoms with Crippen LogP contribution in [-0.4, -0.2) is 5.78 Å². The maximum Gasteiger partial charge on any atom is 0.137 e. The van der Waals surface area contributed by atoms with Crippen molar-refractivity contribution < 1.29 is 4.79 Å². The van der Waals surface area contributed by atoms with E-state index in [9.17, 15) is 4.79 Å². The third-order valence-corrected chi connectivity index (χ3v) is 5.99. The lowest BCUT2D eigenvalue weighted by molar-refractivity contribution is -0.202. The van der Waals surface area contributed by atoms with E-state index in [1.54, 1.807) is 0 Å². The number of hydrogen-bond acceptors (Lipinski definition) is 1. The third-order valence-electron chi connectivity index (χ3n) is 5.99. The minimum absolute atomic E-state index is 0.308. The number of Topliss-reactive ketones (excluding diaryl/α,β-unsaturated/α-hetero) is 1. The molecule has 0 amide bonds. The molecule has 0 heterocycles. The maximum atomic E-state index is 12.2. The van der Waals surface area contributed by atoms with Crippen molar-refractivity contribution in [1.82, 2.24) is 0 Å². The van der Waals surface area contributed by atoms with E-state index in [1.807, 2.05) is 0 Å². The van der Waals surface area contributed by atoms with Gasteiger partial charge in [-0.1, -0.05) is 20.8 Å². The van der Waals surface area contributed by atoms with Crippen LogP contribution >= 0.6 is 0 Å². The molecule has 3 aliphatic rings. The Hall–Kier alpha value is -0.330. The lowest BCUT2D eigenvalue weighted by Gasteiger charge is -2.67. The van der Waals surface area contributed by atoms with E-state index in [4.69, 9.17) is 0 Å². The minimum atomic E-state index is 0.308. The van der Waals surface area contributed by atoms with Gasteiger partial charge in [0.05, 0.1) is 0 Å². The molecule has 0 unspecified atom stereocenters. The van der Waals surface area contributed by atoms with E-state index in [1.165, 1.54) is 19.3 Å². The third kappa shape index (κ3) is 0.893. The van der Waals surface area contributed by atoms with Gasteiger partial charge in [-0.05, 0) is 48.3 Å². The van der Waals surface area contributed by atoms with Crippen molar-refractivity contribution in [2.24, 2.45) is 28.6 Å². The molecule has 0 saturated heterocycles. The van der Waals surface area contributed by atoms with Gasteiger partial charge in [-0.15, -0.1) is 0 Å². The van der Waals surface area contributed by atoms with E-state index in [2.05, 4.69) is 20.8 Å². The normalized spacial score (nSPS) is 51.9. The monoisotopic (exact) mass is 206 g/mol. The fraction of sp³-hybridized carbons (Fsp3) is 0.929. The molecule has 0 radical (unpaired) electrons. The van der Waals surface area contributed by atoms with Crippen molar-refractivity contribution in [2.45, 2.75) is 52.9 Å². The summed E-state index contributed by atoms with van der Waals surface area (Å²) in [5.41, 5.74) is 0.751. The van der Waals surface area contributed by atoms with Crippen LogP contribution in [0.3, 0.4) is 0 Å². The van der Waals surface area contributed by atoms with Crippen LogP contribution in [0.4, 0.5) is 0 Å². The van der Waals surface area contributed by atoms with Crippen molar-refractivity contribution in [2.75, 3.05) is 0 Å². The predicted molar refractivity (Wildman–Crippen MR) is 60.5 cm³/mol. The number of carbonyl (C=O) groups excluding carboxylic acids is 1. The number of hydrogen-bond donors (Lipinski definition) is 0. The fourth-order valence-electron chi connectivity index (χ4n) is 5.64. The highest BCUT2D eigenvalue weighted by Crippen LogP contribution is 2.75. The van der Waals surface area contributed by atoms with Gasteiger partial charge in [0.25, 0.3) is 0 Å². The lowest BCUT2D eigenvalue weighted by atomic mass is 9.36.